The second kappa shape index (κ2) is 5.50. The molecule has 0 aliphatic carbocycles. The van der Waals surface area contributed by atoms with E-state index in [9.17, 15) is 4.79 Å². The van der Waals surface area contributed by atoms with Gasteiger partial charge in [0, 0.05) is 17.4 Å². The van der Waals surface area contributed by atoms with Gasteiger partial charge in [-0.05, 0) is 19.1 Å². The molecular formula is C12H12Cl2N4O. The van der Waals surface area contributed by atoms with E-state index in [0.717, 1.165) is 5.82 Å². The summed E-state index contributed by atoms with van der Waals surface area (Å²) in [6, 6.07) is 3.06. The molecule has 3 N–H and O–H groups in total. The zero-order chi connectivity index (χ0) is 14.0. The number of carbonyl (C=O) groups excluding carboxylic acids is 1. The Balaban J connectivity index is 2.14. The lowest BCUT2D eigenvalue weighted by atomic mass is 10.2. The van der Waals surface area contributed by atoms with Gasteiger partial charge in [0.25, 0.3) is 0 Å². The summed E-state index contributed by atoms with van der Waals surface area (Å²) in [4.78, 5) is 16.0. The van der Waals surface area contributed by atoms with Crippen LogP contribution in [-0.4, -0.2) is 15.5 Å². The zero-order valence-corrected chi connectivity index (χ0v) is 11.7. The topological polar surface area (TPSA) is 72.9 Å². The van der Waals surface area contributed by atoms with E-state index in [2.05, 4.69) is 10.3 Å². The van der Waals surface area contributed by atoms with E-state index in [-0.39, 0.29) is 12.5 Å². The lowest BCUT2D eigenvalue weighted by molar-refractivity contribution is -0.116. The Morgan fingerprint density at radius 1 is 1.47 bits per heavy atom. The van der Waals surface area contributed by atoms with Gasteiger partial charge in [-0.25, -0.2) is 4.98 Å². The van der Waals surface area contributed by atoms with Gasteiger partial charge in [-0.15, -0.1) is 0 Å². The molecule has 0 unspecified atom stereocenters. The first kappa shape index (κ1) is 13.7. The molecule has 5 nitrogen and oxygen atoms in total. The lowest BCUT2D eigenvalue weighted by Gasteiger charge is -2.11. The van der Waals surface area contributed by atoms with Gasteiger partial charge in [0.1, 0.15) is 12.4 Å². The molecule has 1 amide bonds. The van der Waals surface area contributed by atoms with Crippen LogP contribution in [0.1, 0.15) is 5.82 Å². The molecule has 1 aromatic carbocycles. The first-order valence-corrected chi connectivity index (χ1v) is 6.25. The third kappa shape index (κ3) is 3.19. The van der Waals surface area contributed by atoms with Crippen molar-refractivity contribution in [2.24, 2.45) is 0 Å². The second-order valence-corrected chi connectivity index (χ2v) is 4.85. The number of hydrogen-bond acceptors (Lipinski definition) is 3. The number of anilines is 2. The van der Waals surface area contributed by atoms with Gasteiger partial charge in [-0.1, -0.05) is 23.2 Å². The molecule has 0 bridgehead atoms. The first-order chi connectivity index (χ1) is 8.97. The Labute approximate surface area is 120 Å². The molecule has 100 valence electrons. The maximum Gasteiger partial charge on any atom is 0.244 e. The van der Waals surface area contributed by atoms with Crippen molar-refractivity contribution >= 4 is 40.5 Å². The fraction of sp³-hybridized carbons (Fsp3) is 0.167. The average molecular weight is 299 g/mol. The third-order valence-electron chi connectivity index (χ3n) is 2.59. The van der Waals surface area contributed by atoms with E-state index < -0.39 is 0 Å². The molecule has 0 aliphatic rings. The molecule has 19 heavy (non-hydrogen) atoms. The average Bonchev–Trinajstić information content (AvgIpc) is 2.69. The van der Waals surface area contributed by atoms with E-state index in [0.29, 0.717) is 21.4 Å². The Kier molecular flexibility index (Phi) is 3.97. The molecular weight excluding hydrogens is 287 g/mol. The van der Waals surface area contributed by atoms with Crippen LogP contribution in [0.4, 0.5) is 11.4 Å². The minimum Gasteiger partial charge on any atom is -0.397 e. The van der Waals surface area contributed by atoms with Gasteiger partial charge in [0.2, 0.25) is 5.91 Å². The normalized spacial score (nSPS) is 10.5. The molecule has 0 saturated heterocycles. The number of nitrogens with two attached hydrogens (primary N) is 1. The van der Waals surface area contributed by atoms with Crippen LogP contribution in [-0.2, 0) is 11.3 Å². The number of nitrogen functional groups attached to an aromatic ring is 1. The van der Waals surface area contributed by atoms with Gasteiger partial charge in [-0.3, -0.25) is 4.79 Å². The maximum atomic E-state index is 11.9. The SMILES string of the molecule is Cc1nccn1CC(=O)Nc1c(N)cc(Cl)cc1Cl. The summed E-state index contributed by atoms with van der Waals surface area (Å²) in [7, 11) is 0. The fourth-order valence-electron chi connectivity index (χ4n) is 1.63. The Bertz CT molecular complexity index is 601. The summed E-state index contributed by atoms with van der Waals surface area (Å²) in [6.45, 7) is 1.96. The number of halogens is 2. The predicted octanol–water partition coefficient (Wildman–Crippen LogP) is 2.72. The van der Waals surface area contributed by atoms with Crippen LogP contribution in [0.5, 0.6) is 0 Å². The number of aryl methyl sites for hydroxylation is 1. The summed E-state index contributed by atoms with van der Waals surface area (Å²) in [6.07, 6.45) is 3.36. The molecule has 7 heteroatoms. The number of amides is 1. The predicted molar refractivity (Wildman–Crippen MR) is 76.5 cm³/mol. The first-order valence-electron chi connectivity index (χ1n) is 5.49. The van der Waals surface area contributed by atoms with Crippen molar-refractivity contribution in [3.63, 3.8) is 0 Å². The highest BCUT2D eigenvalue weighted by atomic mass is 35.5. The van der Waals surface area contributed by atoms with Gasteiger partial charge < -0.3 is 15.6 Å². The van der Waals surface area contributed by atoms with E-state index in [4.69, 9.17) is 28.9 Å². The molecule has 0 atom stereocenters. The van der Waals surface area contributed by atoms with Gasteiger partial charge in [0.15, 0.2) is 0 Å². The van der Waals surface area contributed by atoms with Crippen LogP contribution >= 0.6 is 23.2 Å². The molecule has 0 aliphatic heterocycles. The van der Waals surface area contributed by atoms with Crippen molar-refractivity contribution in [3.05, 3.63) is 40.4 Å². The third-order valence-corrected chi connectivity index (χ3v) is 3.10. The highest BCUT2D eigenvalue weighted by Crippen LogP contribution is 2.31. The highest BCUT2D eigenvalue weighted by molar-refractivity contribution is 6.37. The van der Waals surface area contributed by atoms with Crippen molar-refractivity contribution in [2.45, 2.75) is 13.5 Å². The molecule has 2 aromatic rings. The van der Waals surface area contributed by atoms with Crippen LogP contribution < -0.4 is 11.1 Å². The number of aromatic nitrogens is 2. The van der Waals surface area contributed by atoms with Gasteiger partial charge in [-0.2, -0.15) is 0 Å². The number of nitrogens with zero attached hydrogens (tertiary/aromatic N) is 2. The van der Waals surface area contributed by atoms with E-state index in [1.807, 2.05) is 6.92 Å². The largest absolute Gasteiger partial charge is 0.397 e. The molecule has 2 rings (SSSR count). The number of rotatable bonds is 3. The van der Waals surface area contributed by atoms with Crippen molar-refractivity contribution in [2.75, 3.05) is 11.1 Å². The molecule has 1 heterocycles. The smallest absolute Gasteiger partial charge is 0.244 e. The van der Waals surface area contributed by atoms with Crippen molar-refractivity contribution in [1.29, 1.82) is 0 Å². The summed E-state index contributed by atoms with van der Waals surface area (Å²) in [5.74, 6) is 0.516. The van der Waals surface area contributed by atoms with Crippen LogP contribution in [0.25, 0.3) is 0 Å². The summed E-state index contributed by atoms with van der Waals surface area (Å²) in [5, 5.41) is 3.40. The monoisotopic (exact) mass is 298 g/mol. The quantitative estimate of drug-likeness (QED) is 0.856. The zero-order valence-electron chi connectivity index (χ0n) is 10.2. The summed E-state index contributed by atoms with van der Waals surface area (Å²) in [5.41, 5.74) is 6.47. The van der Waals surface area contributed by atoms with Crippen LogP contribution in [0.3, 0.4) is 0 Å². The Hall–Kier alpha value is -1.72. The van der Waals surface area contributed by atoms with Crippen molar-refractivity contribution in [1.82, 2.24) is 9.55 Å². The molecule has 1 aromatic heterocycles. The molecule has 0 saturated carbocycles. The van der Waals surface area contributed by atoms with Crippen LogP contribution in [0.15, 0.2) is 24.5 Å². The van der Waals surface area contributed by atoms with Crippen LogP contribution in [0, 0.1) is 6.92 Å². The highest BCUT2D eigenvalue weighted by Gasteiger charge is 2.11. The standard InChI is InChI=1S/C12H12Cl2N4O/c1-7-16-2-3-18(7)6-11(19)17-12-9(14)4-8(13)5-10(12)15/h2-5H,6,15H2,1H3,(H,17,19). The summed E-state index contributed by atoms with van der Waals surface area (Å²) >= 11 is 11.8. The number of nitrogens with one attached hydrogen (secondary N) is 1. The molecule has 0 fully saturated rings. The summed E-state index contributed by atoms with van der Waals surface area (Å²) < 4.78 is 1.72. The minimum atomic E-state index is -0.239. The lowest BCUT2D eigenvalue weighted by Crippen LogP contribution is -2.20. The minimum absolute atomic E-state index is 0.143. The van der Waals surface area contributed by atoms with E-state index >= 15 is 0 Å². The van der Waals surface area contributed by atoms with Crippen molar-refractivity contribution < 1.29 is 4.79 Å². The fourth-order valence-corrected chi connectivity index (χ4v) is 2.19. The van der Waals surface area contributed by atoms with Gasteiger partial charge in [0.05, 0.1) is 16.4 Å². The van der Waals surface area contributed by atoms with Gasteiger partial charge >= 0.3 is 0 Å². The van der Waals surface area contributed by atoms with Crippen molar-refractivity contribution in [3.8, 4) is 0 Å². The maximum absolute atomic E-state index is 11.9. The van der Waals surface area contributed by atoms with Crippen LogP contribution in [0.2, 0.25) is 10.0 Å². The number of benzene rings is 1. The number of carbonyl (C=O) groups is 1. The Morgan fingerprint density at radius 2 is 2.21 bits per heavy atom. The van der Waals surface area contributed by atoms with E-state index in [1.54, 1.807) is 17.0 Å². The molecule has 0 radical (unpaired) electrons. The Morgan fingerprint density at radius 3 is 2.79 bits per heavy atom. The second-order valence-electron chi connectivity index (χ2n) is 4.00. The number of hydrogen-bond donors (Lipinski definition) is 2. The number of imidazole rings is 1. The van der Waals surface area contributed by atoms with E-state index in [1.165, 1.54) is 12.1 Å². The molecule has 0 spiro atoms.